The number of nitrogens with zero attached hydrogens (tertiary/aromatic N) is 2. The van der Waals surface area contributed by atoms with Gasteiger partial charge in [0.15, 0.2) is 5.76 Å². The zero-order valence-electron chi connectivity index (χ0n) is 13.1. The summed E-state index contributed by atoms with van der Waals surface area (Å²) in [6, 6.07) is 1.43. The SMILES string of the molecule is Cc1oc(-c2[nH]ncc2C(=O)N(C)C)cc1S(=O)(=O)NC1CC1. The van der Waals surface area contributed by atoms with Crippen LogP contribution < -0.4 is 4.72 Å². The molecule has 0 unspecified atom stereocenters. The van der Waals surface area contributed by atoms with Crippen molar-refractivity contribution in [3.63, 3.8) is 0 Å². The van der Waals surface area contributed by atoms with Crippen molar-refractivity contribution in [1.29, 1.82) is 0 Å². The van der Waals surface area contributed by atoms with Gasteiger partial charge in [-0.2, -0.15) is 5.10 Å². The van der Waals surface area contributed by atoms with Crippen LogP contribution in [0.25, 0.3) is 11.5 Å². The molecule has 124 valence electrons. The summed E-state index contributed by atoms with van der Waals surface area (Å²) < 4.78 is 32.9. The van der Waals surface area contributed by atoms with Crippen LogP contribution in [-0.2, 0) is 10.0 Å². The summed E-state index contributed by atoms with van der Waals surface area (Å²) >= 11 is 0. The second-order valence-electron chi connectivity index (χ2n) is 5.78. The van der Waals surface area contributed by atoms with E-state index in [2.05, 4.69) is 14.9 Å². The Bertz CT molecular complexity index is 846. The molecule has 0 aromatic carbocycles. The predicted octanol–water partition coefficient (Wildman–Crippen LogP) is 1.12. The second kappa shape index (κ2) is 5.50. The van der Waals surface area contributed by atoms with Crippen molar-refractivity contribution < 1.29 is 17.6 Å². The highest BCUT2D eigenvalue weighted by atomic mass is 32.2. The summed E-state index contributed by atoms with van der Waals surface area (Å²) in [6.07, 6.45) is 3.10. The number of sulfonamides is 1. The van der Waals surface area contributed by atoms with Crippen LogP contribution in [0.5, 0.6) is 0 Å². The fourth-order valence-corrected chi connectivity index (χ4v) is 3.70. The van der Waals surface area contributed by atoms with Crippen LogP contribution in [0.2, 0.25) is 0 Å². The molecular weight excluding hydrogens is 320 g/mol. The fraction of sp³-hybridized carbons (Fsp3) is 0.429. The van der Waals surface area contributed by atoms with Gasteiger partial charge >= 0.3 is 0 Å². The maximum absolute atomic E-state index is 12.3. The van der Waals surface area contributed by atoms with Gasteiger partial charge in [-0.05, 0) is 19.8 Å². The largest absolute Gasteiger partial charge is 0.458 e. The normalized spacial score (nSPS) is 14.9. The molecule has 0 aliphatic heterocycles. The summed E-state index contributed by atoms with van der Waals surface area (Å²) in [4.78, 5) is 13.6. The van der Waals surface area contributed by atoms with E-state index < -0.39 is 10.0 Å². The molecule has 1 aliphatic rings. The summed E-state index contributed by atoms with van der Waals surface area (Å²) in [7, 11) is -0.367. The molecule has 1 amide bonds. The molecule has 0 radical (unpaired) electrons. The van der Waals surface area contributed by atoms with Gasteiger partial charge in [0, 0.05) is 26.2 Å². The molecule has 0 bridgehead atoms. The average molecular weight is 338 g/mol. The first-order valence-electron chi connectivity index (χ1n) is 7.17. The number of aryl methyl sites for hydroxylation is 1. The third-order valence-electron chi connectivity index (χ3n) is 3.58. The molecule has 0 spiro atoms. The number of furan rings is 1. The zero-order chi connectivity index (χ0) is 16.8. The standard InChI is InChI=1S/C14H18N4O4S/c1-8-12(23(20,21)17-9-4-5-9)6-11(22-8)13-10(7-15-16-13)14(19)18(2)3/h6-7,9,17H,4-5H2,1-3H3,(H,15,16). The monoisotopic (exact) mass is 338 g/mol. The van der Waals surface area contributed by atoms with Gasteiger partial charge in [0.1, 0.15) is 16.3 Å². The van der Waals surface area contributed by atoms with Crippen LogP contribution in [0.1, 0.15) is 29.0 Å². The average Bonchev–Trinajstić information content (AvgIpc) is 3.00. The van der Waals surface area contributed by atoms with Gasteiger partial charge in [-0.1, -0.05) is 0 Å². The maximum Gasteiger partial charge on any atom is 0.257 e. The van der Waals surface area contributed by atoms with Crippen molar-refractivity contribution in [2.24, 2.45) is 0 Å². The molecule has 8 nitrogen and oxygen atoms in total. The Morgan fingerprint density at radius 2 is 2.13 bits per heavy atom. The number of hydrogen-bond acceptors (Lipinski definition) is 5. The van der Waals surface area contributed by atoms with Gasteiger partial charge < -0.3 is 9.32 Å². The molecule has 2 N–H and O–H groups in total. The van der Waals surface area contributed by atoms with E-state index in [-0.39, 0.29) is 28.4 Å². The summed E-state index contributed by atoms with van der Waals surface area (Å²) in [5, 5.41) is 6.56. The Morgan fingerprint density at radius 1 is 1.43 bits per heavy atom. The van der Waals surface area contributed by atoms with Gasteiger partial charge in [-0.25, -0.2) is 13.1 Å². The molecule has 2 aromatic heterocycles. The fourth-order valence-electron chi connectivity index (χ4n) is 2.22. The number of amides is 1. The number of H-pyrrole nitrogens is 1. The van der Waals surface area contributed by atoms with E-state index >= 15 is 0 Å². The van der Waals surface area contributed by atoms with Gasteiger partial charge in [0.2, 0.25) is 10.0 Å². The van der Waals surface area contributed by atoms with Crippen molar-refractivity contribution in [3.8, 4) is 11.5 Å². The quantitative estimate of drug-likeness (QED) is 0.849. The van der Waals surface area contributed by atoms with E-state index in [0.29, 0.717) is 11.3 Å². The Morgan fingerprint density at radius 3 is 2.74 bits per heavy atom. The van der Waals surface area contributed by atoms with Crippen LogP contribution in [0, 0.1) is 6.92 Å². The Hall–Kier alpha value is -2.13. The second-order valence-corrected chi connectivity index (χ2v) is 7.47. The van der Waals surface area contributed by atoms with Gasteiger partial charge in [-0.15, -0.1) is 0 Å². The van der Waals surface area contributed by atoms with E-state index in [4.69, 9.17) is 4.42 Å². The first kappa shape index (κ1) is 15.8. The number of carbonyl (C=O) groups excluding carboxylic acids is 1. The highest BCUT2D eigenvalue weighted by Gasteiger charge is 2.31. The molecule has 1 fully saturated rings. The van der Waals surface area contributed by atoms with Gasteiger partial charge in [0.05, 0.1) is 11.8 Å². The molecule has 0 atom stereocenters. The number of aromatic nitrogens is 2. The molecule has 23 heavy (non-hydrogen) atoms. The van der Waals surface area contributed by atoms with Crippen LogP contribution in [0.15, 0.2) is 21.6 Å². The molecule has 2 aromatic rings. The van der Waals surface area contributed by atoms with E-state index in [1.807, 2.05) is 0 Å². The lowest BCUT2D eigenvalue weighted by molar-refractivity contribution is 0.0828. The number of carbonyl (C=O) groups is 1. The lowest BCUT2D eigenvalue weighted by Gasteiger charge is -2.08. The lowest BCUT2D eigenvalue weighted by Crippen LogP contribution is -2.25. The number of rotatable bonds is 5. The minimum Gasteiger partial charge on any atom is -0.458 e. The molecule has 0 saturated heterocycles. The highest BCUT2D eigenvalue weighted by molar-refractivity contribution is 7.89. The zero-order valence-corrected chi connectivity index (χ0v) is 13.9. The number of nitrogens with one attached hydrogen (secondary N) is 2. The summed E-state index contributed by atoms with van der Waals surface area (Å²) in [6.45, 7) is 1.58. The first-order valence-corrected chi connectivity index (χ1v) is 8.66. The van der Waals surface area contributed by atoms with Crippen LogP contribution in [0.3, 0.4) is 0 Å². The minimum atomic E-state index is -3.62. The van der Waals surface area contributed by atoms with Crippen molar-refractivity contribution in [3.05, 3.63) is 23.6 Å². The van der Waals surface area contributed by atoms with E-state index in [1.165, 1.54) is 17.2 Å². The van der Waals surface area contributed by atoms with Gasteiger partial charge in [-0.3, -0.25) is 9.89 Å². The van der Waals surface area contributed by atoms with Gasteiger partial charge in [0.25, 0.3) is 5.91 Å². The lowest BCUT2D eigenvalue weighted by atomic mass is 10.2. The van der Waals surface area contributed by atoms with Crippen molar-refractivity contribution in [2.45, 2.75) is 30.7 Å². The summed E-state index contributed by atoms with van der Waals surface area (Å²) in [5.74, 6) is 0.288. The molecule has 3 rings (SSSR count). The van der Waals surface area contributed by atoms with E-state index in [0.717, 1.165) is 12.8 Å². The number of hydrogen-bond donors (Lipinski definition) is 2. The molecule has 1 aliphatic carbocycles. The third-order valence-corrected chi connectivity index (χ3v) is 5.21. The molecule has 9 heteroatoms. The first-order chi connectivity index (χ1) is 10.8. The van der Waals surface area contributed by atoms with Crippen molar-refractivity contribution >= 4 is 15.9 Å². The van der Waals surface area contributed by atoms with Crippen LogP contribution >= 0.6 is 0 Å². The maximum atomic E-state index is 12.3. The summed E-state index contributed by atoms with van der Waals surface area (Å²) in [5.41, 5.74) is 0.683. The van der Waals surface area contributed by atoms with E-state index in [1.54, 1.807) is 21.0 Å². The molecule has 2 heterocycles. The number of aromatic amines is 1. The Kier molecular flexibility index (Phi) is 3.77. The molecular formula is C14H18N4O4S. The Labute approximate surface area is 133 Å². The molecule has 1 saturated carbocycles. The third kappa shape index (κ3) is 3.02. The van der Waals surface area contributed by atoms with Crippen LogP contribution in [-0.4, -0.2) is 49.6 Å². The topological polar surface area (TPSA) is 108 Å². The smallest absolute Gasteiger partial charge is 0.257 e. The van der Waals surface area contributed by atoms with E-state index in [9.17, 15) is 13.2 Å². The highest BCUT2D eigenvalue weighted by Crippen LogP contribution is 2.30. The predicted molar refractivity (Wildman–Crippen MR) is 82.4 cm³/mol. The minimum absolute atomic E-state index is 0.00999. The van der Waals surface area contributed by atoms with Crippen LogP contribution in [0.4, 0.5) is 0 Å². The van der Waals surface area contributed by atoms with Crippen molar-refractivity contribution in [1.82, 2.24) is 19.8 Å². The Balaban J connectivity index is 1.99. The van der Waals surface area contributed by atoms with Crippen molar-refractivity contribution in [2.75, 3.05) is 14.1 Å².